The summed E-state index contributed by atoms with van der Waals surface area (Å²) in [5.41, 5.74) is 1.37. The largest absolute Gasteiger partial charge is 0.495 e. The molecule has 2 amide bonds. The molecule has 25 heavy (non-hydrogen) atoms. The zero-order valence-corrected chi connectivity index (χ0v) is 14.7. The maximum atomic E-state index is 13.0. The van der Waals surface area contributed by atoms with Gasteiger partial charge in [0.15, 0.2) is 0 Å². The predicted molar refractivity (Wildman–Crippen MR) is 95.9 cm³/mol. The van der Waals surface area contributed by atoms with Crippen LogP contribution in [0.15, 0.2) is 47.4 Å². The monoisotopic (exact) mass is 377 g/mol. The van der Waals surface area contributed by atoms with Gasteiger partial charge in [-0.25, -0.2) is 4.39 Å². The van der Waals surface area contributed by atoms with Gasteiger partial charge in [0.1, 0.15) is 11.6 Å². The molecule has 1 fully saturated rings. The molecule has 4 nitrogen and oxygen atoms in total. The normalized spacial score (nSPS) is 16.0. The van der Waals surface area contributed by atoms with E-state index in [1.165, 1.54) is 19.2 Å². The molecule has 0 saturated carbocycles. The molecular weight excluding hydrogens is 365 g/mol. The van der Waals surface area contributed by atoms with Gasteiger partial charge in [0.25, 0.3) is 11.1 Å². The van der Waals surface area contributed by atoms with E-state index in [1.807, 2.05) is 0 Å². The number of halogens is 2. The number of imide groups is 1. The summed E-state index contributed by atoms with van der Waals surface area (Å²) >= 11 is 6.94. The molecule has 0 aromatic heterocycles. The fourth-order valence-electron chi connectivity index (χ4n) is 2.33. The Kier molecular flexibility index (Phi) is 5.11. The minimum atomic E-state index is -0.383. The molecule has 7 heteroatoms. The molecule has 0 radical (unpaired) electrons. The minimum Gasteiger partial charge on any atom is -0.495 e. The van der Waals surface area contributed by atoms with Crippen LogP contribution < -0.4 is 4.74 Å². The first-order valence-corrected chi connectivity index (χ1v) is 8.51. The van der Waals surface area contributed by atoms with Crippen molar-refractivity contribution in [3.05, 3.63) is 69.3 Å². The van der Waals surface area contributed by atoms with Crippen LogP contribution in [0.25, 0.3) is 6.08 Å². The average molecular weight is 378 g/mol. The van der Waals surface area contributed by atoms with E-state index in [2.05, 4.69) is 0 Å². The smallest absolute Gasteiger partial charge is 0.293 e. The molecule has 0 N–H and O–H groups in total. The Bertz CT molecular complexity index is 867. The number of ether oxygens (including phenoxy) is 1. The summed E-state index contributed by atoms with van der Waals surface area (Å²) in [7, 11) is 1.52. The lowest BCUT2D eigenvalue weighted by atomic mass is 10.2. The summed E-state index contributed by atoms with van der Waals surface area (Å²) in [5, 5.41) is 0.0574. The fourth-order valence-corrected chi connectivity index (χ4v) is 3.44. The van der Waals surface area contributed by atoms with Gasteiger partial charge in [-0.2, -0.15) is 0 Å². The lowest BCUT2D eigenvalue weighted by molar-refractivity contribution is -0.123. The van der Waals surface area contributed by atoms with Crippen molar-refractivity contribution >= 4 is 40.6 Å². The molecule has 1 aliphatic heterocycles. The van der Waals surface area contributed by atoms with Gasteiger partial charge in [0.2, 0.25) is 0 Å². The highest BCUT2D eigenvalue weighted by atomic mass is 35.5. The third-order valence-electron chi connectivity index (χ3n) is 3.60. The average Bonchev–Trinajstić information content (AvgIpc) is 2.84. The summed E-state index contributed by atoms with van der Waals surface area (Å²) in [6.07, 6.45) is 1.61. The van der Waals surface area contributed by atoms with Gasteiger partial charge < -0.3 is 4.74 Å². The number of amides is 2. The number of hydrogen-bond donors (Lipinski definition) is 0. The molecule has 1 heterocycles. The number of carbonyl (C=O) groups is 2. The molecule has 0 aliphatic carbocycles. The third kappa shape index (κ3) is 3.86. The minimum absolute atomic E-state index is 0.103. The Morgan fingerprint density at radius 3 is 2.56 bits per heavy atom. The van der Waals surface area contributed by atoms with E-state index in [0.717, 1.165) is 16.7 Å². The maximum absolute atomic E-state index is 13.0. The van der Waals surface area contributed by atoms with Crippen molar-refractivity contribution in [1.82, 2.24) is 4.90 Å². The fraction of sp³-hybridized carbons (Fsp3) is 0.111. The first-order valence-electron chi connectivity index (χ1n) is 7.31. The number of hydrogen-bond acceptors (Lipinski definition) is 4. The quantitative estimate of drug-likeness (QED) is 0.723. The van der Waals surface area contributed by atoms with Gasteiger partial charge >= 0.3 is 0 Å². The summed E-state index contributed by atoms with van der Waals surface area (Å²) in [6, 6.07) is 10.8. The molecule has 0 atom stereocenters. The topological polar surface area (TPSA) is 46.6 Å². The zero-order chi connectivity index (χ0) is 18.0. The highest BCUT2D eigenvalue weighted by Gasteiger charge is 2.34. The van der Waals surface area contributed by atoms with Gasteiger partial charge in [-0.3, -0.25) is 14.5 Å². The van der Waals surface area contributed by atoms with Crippen LogP contribution in [0.1, 0.15) is 11.1 Å². The van der Waals surface area contributed by atoms with Crippen LogP contribution in [0.3, 0.4) is 0 Å². The number of nitrogens with zero attached hydrogens (tertiary/aromatic N) is 1. The molecule has 2 aromatic carbocycles. The Morgan fingerprint density at radius 1 is 1.20 bits per heavy atom. The van der Waals surface area contributed by atoms with Crippen molar-refractivity contribution in [2.75, 3.05) is 7.11 Å². The number of rotatable bonds is 4. The van der Waals surface area contributed by atoms with E-state index in [0.29, 0.717) is 26.8 Å². The summed E-state index contributed by atoms with van der Waals surface area (Å²) in [6.45, 7) is 0.103. The first kappa shape index (κ1) is 17.5. The maximum Gasteiger partial charge on any atom is 0.293 e. The van der Waals surface area contributed by atoms with Crippen LogP contribution in [0.2, 0.25) is 5.02 Å². The molecule has 1 saturated heterocycles. The number of thioether (sulfide) groups is 1. The Labute approximate surface area is 153 Å². The van der Waals surface area contributed by atoms with Crippen LogP contribution in [0.5, 0.6) is 5.75 Å². The third-order valence-corrected chi connectivity index (χ3v) is 4.80. The Morgan fingerprint density at radius 2 is 1.92 bits per heavy atom. The Balaban J connectivity index is 1.80. The summed E-state index contributed by atoms with van der Waals surface area (Å²) in [4.78, 5) is 26.1. The van der Waals surface area contributed by atoms with Crippen molar-refractivity contribution < 1.29 is 18.7 Å². The second-order valence-electron chi connectivity index (χ2n) is 5.29. The number of methoxy groups -OCH3 is 1. The SMILES string of the molecule is COc1ccc(/C=C2/SC(=O)N(Cc3ccc(F)cc3)C2=O)cc1Cl. The van der Waals surface area contributed by atoms with Crippen molar-refractivity contribution in [2.45, 2.75) is 6.54 Å². The van der Waals surface area contributed by atoms with Crippen LogP contribution in [-0.4, -0.2) is 23.2 Å². The molecule has 0 spiro atoms. The van der Waals surface area contributed by atoms with Crippen LogP contribution in [-0.2, 0) is 11.3 Å². The van der Waals surface area contributed by atoms with Gasteiger partial charge in [0.05, 0.1) is 23.6 Å². The molecule has 2 aromatic rings. The molecule has 128 valence electrons. The highest BCUT2D eigenvalue weighted by molar-refractivity contribution is 8.18. The van der Waals surface area contributed by atoms with E-state index >= 15 is 0 Å². The van der Waals surface area contributed by atoms with E-state index in [9.17, 15) is 14.0 Å². The van der Waals surface area contributed by atoms with E-state index in [1.54, 1.807) is 36.4 Å². The van der Waals surface area contributed by atoms with Crippen LogP contribution in [0, 0.1) is 5.82 Å². The zero-order valence-electron chi connectivity index (χ0n) is 13.2. The second kappa shape index (κ2) is 7.29. The Hall–Kier alpha value is -2.31. The molecule has 0 unspecified atom stereocenters. The van der Waals surface area contributed by atoms with Crippen LogP contribution in [0.4, 0.5) is 9.18 Å². The van der Waals surface area contributed by atoms with E-state index in [-0.39, 0.29) is 23.5 Å². The van der Waals surface area contributed by atoms with Crippen molar-refractivity contribution in [3.8, 4) is 5.75 Å². The standard InChI is InChI=1S/C18H13ClFNO3S/c1-24-15-7-4-12(8-14(15)19)9-16-17(22)21(18(23)25-16)10-11-2-5-13(20)6-3-11/h2-9H,10H2,1H3/b16-9+. The summed E-state index contributed by atoms with van der Waals surface area (Å²) in [5.74, 6) is -0.219. The lowest BCUT2D eigenvalue weighted by Gasteiger charge is -2.12. The highest BCUT2D eigenvalue weighted by Crippen LogP contribution is 2.34. The number of benzene rings is 2. The predicted octanol–water partition coefficient (Wildman–Crippen LogP) is 4.72. The van der Waals surface area contributed by atoms with Crippen molar-refractivity contribution in [1.29, 1.82) is 0 Å². The van der Waals surface area contributed by atoms with Gasteiger partial charge in [-0.1, -0.05) is 29.8 Å². The molecule has 3 rings (SSSR count). The lowest BCUT2D eigenvalue weighted by Crippen LogP contribution is -2.27. The summed E-state index contributed by atoms with van der Waals surface area (Å²) < 4.78 is 18.1. The van der Waals surface area contributed by atoms with E-state index in [4.69, 9.17) is 16.3 Å². The van der Waals surface area contributed by atoms with E-state index < -0.39 is 0 Å². The van der Waals surface area contributed by atoms with Gasteiger partial charge in [-0.15, -0.1) is 0 Å². The second-order valence-corrected chi connectivity index (χ2v) is 6.69. The first-order chi connectivity index (χ1) is 12.0. The molecular formula is C18H13ClFNO3S. The van der Waals surface area contributed by atoms with Crippen LogP contribution >= 0.6 is 23.4 Å². The van der Waals surface area contributed by atoms with Crippen molar-refractivity contribution in [3.63, 3.8) is 0 Å². The molecule has 0 bridgehead atoms. The van der Waals surface area contributed by atoms with Gasteiger partial charge in [-0.05, 0) is 53.2 Å². The number of carbonyl (C=O) groups excluding carboxylic acids is 2. The molecule has 1 aliphatic rings. The van der Waals surface area contributed by atoms with Gasteiger partial charge in [0, 0.05) is 0 Å². The van der Waals surface area contributed by atoms with Crippen molar-refractivity contribution in [2.24, 2.45) is 0 Å².